The smallest absolute Gasteiger partial charge is 0.268 e. The molecule has 0 fully saturated rings. The second-order valence-electron chi connectivity index (χ2n) is 5.50. The van der Waals surface area contributed by atoms with Crippen LogP contribution in [0.1, 0.15) is 17.0 Å². The third-order valence-electron chi connectivity index (χ3n) is 3.94. The average molecular weight is 360 g/mol. The van der Waals surface area contributed by atoms with Crippen molar-refractivity contribution in [2.45, 2.75) is 5.92 Å². The molecule has 3 N–H and O–H groups in total. The maximum atomic E-state index is 12.4. The van der Waals surface area contributed by atoms with E-state index in [1.54, 1.807) is 42.5 Å². The first-order chi connectivity index (χ1) is 12.0. The van der Waals surface area contributed by atoms with E-state index in [4.69, 9.17) is 11.6 Å². The topological polar surface area (TPSA) is 112 Å². The number of nitro groups is 1. The van der Waals surface area contributed by atoms with Gasteiger partial charge in [-0.1, -0.05) is 35.9 Å². The zero-order valence-electron chi connectivity index (χ0n) is 12.9. The first-order valence-corrected chi connectivity index (χ1v) is 7.81. The van der Waals surface area contributed by atoms with Gasteiger partial charge in [-0.05, 0) is 29.8 Å². The number of phenols is 1. The fraction of sp³-hybridized carbons (Fsp3) is 0.118. The zero-order valence-corrected chi connectivity index (χ0v) is 13.7. The molecule has 7 nitrogen and oxygen atoms in total. The minimum atomic E-state index is -0.795. The van der Waals surface area contributed by atoms with Gasteiger partial charge in [0.05, 0.1) is 17.2 Å². The number of para-hydroxylation sites is 1. The summed E-state index contributed by atoms with van der Waals surface area (Å²) in [5.74, 6) is -0.827. The highest BCUT2D eigenvalue weighted by atomic mass is 35.5. The third-order valence-corrected chi connectivity index (χ3v) is 4.19. The largest absolute Gasteiger partial charge is 0.507 e. The van der Waals surface area contributed by atoms with Crippen molar-refractivity contribution in [1.82, 2.24) is 10.2 Å². The van der Waals surface area contributed by atoms with Gasteiger partial charge in [0.25, 0.3) is 5.56 Å². The predicted molar refractivity (Wildman–Crippen MR) is 93.7 cm³/mol. The lowest BCUT2D eigenvalue weighted by Crippen LogP contribution is -2.20. The number of nitrogens with zero attached hydrogens (tertiary/aromatic N) is 1. The molecule has 0 amide bonds. The fourth-order valence-electron chi connectivity index (χ4n) is 2.80. The van der Waals surface area contributed by atoms with Gasteiger partial charge in [0.2, 0.25) is 6.54 Å². The van der Waals surface area contributed by atoms with E-state index in [0.29, 0.717) is 21.8 Å². The van der Waals surface area contributed by atoms with Crippen LogP contribution in [0.25, 0.3) is 11.3 Å². The molecule has 0 spiro atoms. The van der Waals surface area contributed by atoms with Crippen LogP contribution in [0.4, 0.5) is 0 Å². The van der Waals surface area contributed by atoms with Crippen molar-refractivity contribution in [3.05, 3.63) is 85.1 Å². The summed E-state index contributed by atoms with van der Waals surface area (Å²) in [6.07, 6.45) is 0. The molecular weight excluding hydrogens is 346 g/mol. The summed E-state index contributed by atoms with van der Waals surface area (Å²) in [4.78, 5) is 23.1. The summed E-state index contributed by atoms with van der Waals surface area (Å²) in [6.45, 7) is -0.469. The molecule has 25 heavy (non-hydrogen) atoms. The number of aromatic amines is 2. The van der Waals surface area contributed by atoms with Crippen LogP contribution in [-0.4, -0.2) is 26.8 Å². The molecular formula is C17H14ClN3O4. The Morgan fingerprint density at radius 1 is 1.12 bits per heavy atom. The molecule has 3 aromatic rings. The van der Waals surface area contributed by atoms with E-state index in [1.165, 1.54) is 6.07 Å². The number of halogens is 1. The molecule has 0 unspecified atom stereocenters. The maximum absolute atomic E-state index is 12.4. The van der Waals surface area contributed by atoms with Gasteiger partial charge >= 0.3 is 0 Å². The van der Waals surface area contributed by atoms with Crippen LogP contribution >= 0.6 is 11.6 Å². The second kappa shape index (κ2) is 6.82. The summed E-state index contributed by atoms with van der Waals surface area (Å²) < 4.78 is 0. The molecule has 3 rings (SSSR count). The van der Waals surface area contributed by atoms with E-state index in [2.05, 4.69) is 10.2 Å². The van der Waals surface area contributed by atoms with Crippen LogP contribution in [-0.2, 0) is 0 Å². The molecule has 0 aliphatic carbocycles. The van der Waals surface area contributed by atoms with Crippen LogP contribution < -0.4 is 5.56 Å². The van der Waals surface area contributed by atoms with Crippen LogP contribution in [0.15, 0.2) is 53.3 Å². The number of rotatable bonds is 5. The monoisotopic (exact) mass is 359 g/mol. The Labute approximate surface area is 147 Å². The SMILES string of the molecule is O=c1[nH][nH]c(-c2ccccc2O)c1[C@H](C[N+](=O)[O-])c1ccc(Cl)cc1. The van der Waals surface area contributed by atoms with Crippen LogP contribution in [0.5, 0.6) is 5.75 Å². The van der Waals surface area contributed by atoms with Crippen LogP contribution in [0.3, 0.4) is 0 Å². The second-order valence-corrected chi connectivity index (χ2v) is 5.94. The van der Waals surface area contributed by atoms with E-state index < -0.39 is 22.9 Å². The van der Waals surface area contributed by atoms with Crippen LogP contribution in [0, 0.1) is 10.1 Å². The Hall–Kier alpha value is -3.06. The average Bonchev–Trinajstić information content (AvgIpc) is 2.95. The van der Waals surface area contributed by atoms with Crippen molar-refractivity contribution in [3.8, 4) is 17.0 Å². The molecule has 1 aromatic heterocycles. The highest BCUT2D eigenvalue weighted by Crippen LogP contribution is 2.34. The van der Waals surface area contributed by atoms with Gasteiger partial charge in [-0.25, -0.2) is 0 Å². The number of hydrogen-bond donors (Lipinski definition) is 3. The third kappa shape index (κ3) is 3.41. The molecule has 0 bridgehead atoms. The molecule has 128 valence electrons. The van der Waals surface area contributed by atoms with Gasteiger partial charge < -0.3 is 5.11 Å². The normalized spacial score (nSPS) is 12.0. The van der Waals surface area contributed by atoms with Gasteiger partial charge in [-0.2, -0.15) is 0 Å². The van der Waals surface area contributed by atoms with Gasteiger partial charge in [0, 0.05) is 15.5 Å². The summed E-state index contributed by atoms with van der Waals surface area (Å²) in [5.41, 5.74) is 1.02. The maximum Gasteiger partial charge on any atom is 0.268 e. The van der Waals surface area contributed by atoms with E-state index in [9.17, 15) is 20.0 Å². The lowest BCUT2D eigenvalue weighted by molar-refractivity contribution is -0.481. The zero-order chi connectivity index (χ0) is 18.0. The first kappa shape index (κ1) is 16.8. The minimum Gasteiger partial charge on any atom is -0.507 e. The molecule has 0 radical (unpaired) electrons. The van der Waals surface area contributed by atoms with E-state index >= 15 is 0 Å². The van der Waals surface area contributed by atoms with Gasteiger partial charge in [-0.3, -0.25) is 25.1 Å². The van der Waals surface area contributed by atoms with Crippen molar-refractivity contribution in [3.63, 3.8) is 0 Å². The predicted octanol–water partition coefficient (Wildman–Crippen LogP) is 3.14. The van der Waals surface area contributed by atoms with Gasteiger partial charge in [0.15, 0.2) is 0 Å². The molecule has 8 heteroatoms. The lowest BCUT2D eigenvalue weighted by atomic mass is 9.89. The summed E-state index contributed by atoms with van der Waals surface area (Å²) in [5, 5.41) is 26.9. The van der Waals surface area contributed by atoms with Crippen molar-refractivity contribution in [2.75, 3.05) is 6.54 Å². The number of nitrogens with one attached hydrogen (secondary N) is 2. The molecule has 0 saturated carbocycles. The standard InChI is InChI=1S/C17H14ClN3O4/c18-11-7-5-10(6-8-11)13(9-21(24)25)15-16(19-20-17(15)23)12-3-1-2-4-14(12)22/h1-8,13,22H,9H2,(H2,19,20,23)/t13-/m1/s1. The summed E-state index contributed by atoms with van der Waals surface area (Å²) >= 11 is 5.89. The lowest BCUT2D eigenvalue weighted by Gasteiger charge is -2.14. The summed E-state index contributed by atoms with van der Waals surface area (Å²) in [6, 6.07) is 13.0. The molecule has 0 saturated heterocycles. The molecule has 1 atom stereocenters. The highest BCUT2D eigenvalue weighted by molar-refractivity contribution is 6.30. The van der Waals surface area contributed by atoms with E-state index in [0.717, 1.165) is 0 Å². The fourth-order valence-corrected chi connectivity index (χ4v) is 2.93. The molecule has 0 aliphatic rings. The first-order valence-electron chi connectivity index (χ1n) is 7.43. The van der Waals surface area contributed by atoms with Gasteiger partial charge in [0.1, 0.15) is 5.75 Å². The number of benzene rings is 2. The van der Waals surface area contributed by atoms with Crippen molar-refractivity contribution in [1.29, 1.82) is 0 Å². The highest BCUT2D eigenvalue weighted by Gasteiger charge is 2.28. The van der Waals surface area contributed by atoms with E-state index in [1.807, 2.05) is 0 Å². The van der Waals surface area contributed by atoms with E-state index in [-0.39, 0.29) is 11.3 Å². The van der Waals surface area contributed by atoms with Gasteiger partial charge in [-0.15, -0.1) is 0 Å². The number of aromatic nitrogens is 2. The Morgan fingerprint density at radius 2 is 1.80 bits per heavy atom. The number of phenolic OH excluding ortho intramolecular Hbond substituents is 1. The Morgan fingerprint density at radius 3 is 2.44 bits per heavy atom. The number of hydrogen-bond acceptors (Lipinski definition) is 4. The van der Waals surface area contributed by atoms with Crippen LogP contribution in [0.2, 0.25) is 5.02 Å². The molecule has 1 heterocycles. The molecule has 2 aromatic carbocycles. The number of H-pyrrole nitrogens is 2. The Bertz CT molecular complexity index is 963. The molecule has 0 aliphatic heterocycles. The Kier molecular flexibility index (Phi) is 4.58. The van der Waals surface area contributed by atoms with Crippen molar-refractivity contribution < 1.29 is 10.0 Å². The van der Waals surface area contributed by atoms with Crippen molar-refractivity contribution in [2.24, 2.45) is 0 Å². The minimum absolute atomic E-state index is 0.0324. The number of aromatic hydroxyl groups is 1. The quantitative estimate of drug-likeness (QED) is 0.479. The summed E-state index contributed by atoms with van der Waals surface area (Å²) in [7, 11) is 0. The Balaban J connectivity index is 2.18. The van der Waals surface area contributed by atoms with Crippen molar-refractivity contribution >= 4 is 11.6 Å².